The van der Waals surface area contributed by atoms with Gasteiger partial charge in [0.2, 0.25) is 10.0 Å². The standard InChI is InChI=1S/C26H24N6O3S2/c1-37(34,35)32-22-13-18(16-27-26(36)31-25(33)20-10-6-3-7-11-20)12-21(14-22)30-24-15-23(28-17-29-24)19-8-4-2-5-9-19/h2-15,17,32H,16H2,1H3,(H,28,29,30)(H2,27,31,33,36). The predicted octanol–water partition coefficient (Wildman–Crippen LogP) is 4.06. The van der Waals surface area contributed by atoms with Gasteiger partial charge in [0.15, 0.2) is 5.11 Å². The van der Waals surface area contributed by atoms with E-state index in [1.807, 2.05) is 42.5 Å². The minimum atomic E-state index is -3.51. The van der Waals surface area contributed by atoms with Crippen LogP contribution in [0.4, 0.5) is 17.2 Å². The number of amides is 1. The van der Waals surface area contributed by atoms with Crippen LogP contribution in [0.15, 0.2) is 91.3 Å². The molecule has 0 unspecified atom stereocenters. The van der Waals surface area contributed by atoms with Crippen LogP contribution in [0.1, 0.15) is 15.9 Å². The van der Waals surface area contributed by atoms with Gasteiger partial charge in [0.1, 0.15) is 12.1 Å². The average Bonchev–Trinajstić information content (AvgIpc) is 2.87. The van der Waals surface area contributed by atoms with E-state index in [9.17, 15) is 13.2 Å². The van der Waals surface area contributed by atoms with Crippen LogP contribution in [0, 0.1) is 0 Å². The van der Waals surface area contributed by atoms with Gasteiger partial charge in [-0.25, -0.2) is 18.4 Å². The molecule has 0 aliphatic rings. The third-order valence-corrected chi connectivity index (χ3v) is 5.87. The van der Waals surface area contributed by atoms with Crippen LogP contribution in [0.3, 0.4) is 0 Å². The number of nitrogens with zero attached hydrogens (tertiary/aromatic N) is 2. The molecule has 0 spiro atoms. The van der Waals surface area contributed by atoms with Crippen molar-refractivity contribution in [3.8, 4) is 11.3 Å². The quantitative estimate of drug-likeness (QED) is 0.250. The Bertz CT molecular complexity index is 1510. The number of hydrogen-bond donors (Lipinski definition) is 4. The summed E-state index contributed by atoms with van der Waals surface area (Å²) in [7, 11) is -3.51. The summed E-state index contributed by atoms with van der Waals surface area (Å²) in [4.78, 5) is 20.9. The smallest absolute Gasteiger partial charge is 0.257 e. The lowest BCUT2D eigenvalue weighted by Crippen LogP contribution is -2.38. The number of carbonyl (C=O) groups excluding carboxylic acids is 1. The molecule has 4 rings (SSSR count). The largest absolute Gasteiger partial charge is 0.358 e. The van der Waals surface area contributed by atoms with Crippen LogP contribution >= 0.6 is 12.2 Å². The molecule has 9 nitrogen and oxygen atoms in total. The van der Waals surface area contributed by atoms with Gasteiger partial charge in [-0.15, -0.1) is 0 Å². The molecule has 0 aliphatic carbocycles. The highest BCUT2D eigenvalue weighted by Gasteiger charge is 2.10. The Morgan fingerprint density at radius 3 is 2.27 bits per heavy atom. The number of anilines is 3. The van der Waals surface area contributed by atoms with Gasteiger partial charge in [-0.3, -0.25) is 14.8 Å². The van der Waals surface area contributed by atoms with Crippen molar-refractivity contribution in [1.82, 2.24) is 20.6 Å². The number of carbonyl (C=O) groups is 1. The molecule has 4 aromatic rings. The van der Waals surface area contributed by atoms with Crippen LogP contribution in [0.5, 0.6) is 0 Å². The number of nitrogens with one attached hydrogen (secondary N) is 4. The maximum Gasteiger partial charge on any atom is 0.257 e. The molecule has 0 saturated heterocycles. The van der Waals surface area contributed by atoms with Gasteiger partial charge in [-0.1, -0.05) is 48.5 Å². The number of benzene rings is 3. The molecule has 1 aromatic heterocycles. The number of thiocarbonyl (C=S) groups is 1. The number of hydrogen-bond acceptors (Lipinski definition) is 7. The van der Waals surface area contributed by atoms with Crippen molar-refractivity contribution < 1.29 is 13.2 Å². The van der Waals surface area contributed by atoms with E-state index in [4.69, 9.17) is 12.2 Å². The summed E-state index contributed by atoms with van der Waals surface area (Å²) in [6, 6.07) is 25.4. The van der Waals surface area contributed by atoms with E-state index >= 15 is 0 Å². The number of aromatic nitrogens is 2. The van der Waals surface area contributed by atoms with Crippen LogP contribution in [0.25, 0.3) is 11.3 Å². The monoisotopic (exact) mass is 532 g/mol. The van der Waals surface area contributed by atoms with Crippen LogP contribution in [-0.2, 0) is 16.6 Å². The molecule has 11 heteroatoms. The van der Waals surface area contributed by atoms with E-state index in [0.717, 1.165) is 17.5 Å². The van der Waals surface area contributed by atoms with Crippen LogP contribution in [-0.4, -0.2) is 35.7 Å². The summed E-state index contributed by atoms with van der Waals surface area (Å²) >= 11 is 5.26. The fourth-order valence-electron chi connectivity index (χ4n) is 3.47. The lowest BCUT2D eigenvalue weighted by molar-refractivity contribution is 0.0976. The minimum absolute atomic E-state index is 0.146. The highest BCUT2D eigenvalue weighted by Crippen LogP contribution is 2.25. The topological polar surface area (TPSA) is 125 Å². The molecule has 37 heavy (non-hydrogen) atoms. The van der Waals surface area contributed by atoms with E-state index in [0.29, 0.717) is 28.3 Å². The summed E-state index contributed by atoms with van der Waals surface area (Å²) in [5, 5.41) is 8.97. The lowest BCUT2D eigenvalue weighted by atomic mass is 10.1. The third kappa shape index (κ3) is 7.82. The summed E-state index contributed by atoms with van der Waals surface area (Å²) in [6.45, 7) is 0.237. The molecule has 0 bridgehead atoms. The molecular weight excluding hydrogens is 508 g/mol. The van der Waals surface area contributed by atoms with Gasteiger partial charge >= 0.3 is 0 Å². The second-order valence-electron chi connectivity index (χ2n) is 8.08. The normalized spacial score (nSPS) is 10.8. The van der Waals surface area contributed by atoms with Crippen molar-refractivity contribution in [2.75, 3.05) is 16.3 Å². The first kappa shape index (κ1) is 25.7. The zero-order valence-electron chi connectivity index (χ0n) is 19.8. The Hall–Kier alpha value is -4.35. The second kappa shape index (κ2) is 11.6. The van der Waals surface area contributed by atoms with E-state index in [1.165, 1.54) is 6.33 Å². The summed E-state index contributed by atoms with van der Waals surface area (Å²) in [5.41, 5.74) is 3.84. The zero-order valence-corrected chi connectivity index (χ0v) is 21.4. The maximum absolute atomic E-state index is 12.3. The Morgan fingerprint density at radius 2 is 1.57 bits per heavy atom. The Morgan fingerprint density at radius 1 is 0.892 bits per heavy atom. The number of sulfonamides is 1. The van der Waals surface area contributed by atoms with Gasteiger partial charge in [-0.05, 0) is 48.1 Å². The molecule has 3 aromatic carbocycles. The average molecular weight is 533 g/mol. The fourth-order valence-corrected chi connectivity index (χ4v) is 4.18. The molecule has 0 fully saturated rings. The molecule has 0 atom stereocenters. The maximum atomic E-state index is 12.3. The van der Waals surface area contributed by atoms with Gasteiger partial charge in [0.25, 0.3) is 5.91 Å². The molecule has 1 heterocycles. The van der Waals surface area contributed by atoms with E-state index in [2.05, 4.69) is 30.6 Å². The van der Waals surface area contributed by atoms with E-state index < -0.39 is 10.0 Å². The van der Waals surface area contributed by atoms with Crippen molar-refractivity contribution in [1.29, 1.82) is 0 Å². The second-order valence-corrected chi connectivity index (χ2v) is 10.2. The highest BCUT2D eigenvalue weighted by molar-refractivity contribution is 7.92. The Balaban J connectivity index is 1.50. The predicted molar refractivity (Wildman–Crippen MR) is 149 cm³/mol. The van der Waals surface area contributed by atoms with Crippen molar-refractivity contribution >= 4 is 50.5 Å². The zero-order chi connectivity index (χ0) is 26.3. The van der Waals surface area contributed by atoms with E-state index in [1.54, 1.807) is 42.5 Å². The molecule has 1 amide bonds. The van der Waals surface area contributed by atoms with E-state index in [-0.39, 0.29) is 17.6 Å². The van der Waals surface area contributed by atoms with Gasteiger partial charge in [-0.2, -0.15) is 0 Å². The third-order valence-electron chi connectivity index (χ3n) is 5.02. The summed E-state index contributed by atoms with van der Waals surface area (Å²) in [6.07, 6.45) is 2.54. The van der Waals surface area contributed by atoms with Gasteiger partial charge < -0.3 is 10.6 Å². The molecule has 188 valence electrons. The molecule has 0 radical (unpaired) electrons. The highest BCUT2D eigenvalue weighted by atomic mass is 32.2. The molecule has 4 N–H and O–H groups in total. The molecule has 0 aliphatic heterocycles. The van der Waals surface area contributed by atoms with Crippen LogP contribution < -0.4 is 20.7 Å². The summed E-state index contributed by atoms with van der Waals surface area (Å²) < 4.78 is 26.2. The Kier molecular flexibility index (Phi) is 8.06. The minimum Gasteiger partial charge on any atom is -0.358 e. The lowest BCUT2D eigenvalue weighted by Gasteiger charge is -2.14. The first-order chi connectivity index (χ1) is 17.7. The first-order valence-electron chi connectivity index (χ1n) is 11.2. The van der Waals surface area contributed by atoms with Crippen molar-refractivity contribution in [2.45, 2.75) is 6.54 Å². The van der Waals surface area contributed by atoms with Gasteiger partial charge in [0.05, 0.1) is 17.6 Å². The van der Waals surface area contributed by atoms with Crippen LogP contribution in [0.2, 0.25) is 0 Å². The first-order valence-corrected chi connectivity index (χ1v) is 13.5. The van der Waals surface area contributed by atoms with Crippen molar-refractivity contribution in [2.24, 2.45) is 0 Å². The molecular formula is C26H24N6O3S2. The van der Waals surface area contributed by atoms with Gasteiger partial charge in [0, 0.05) is 29.4 Å². The molecule has 0 saturated carbocycles. The summed E-state index contributed by atoms with van der Waals surface area (Å²) in [5.74, 6) is 0.209. The van der Waals surface area contributed by atoms with Crippen molar-refractivity contribution in [3.05, 3.63) is 102 Å². The number of rotatable bonds is 8. The fraction of sp³-hybridized carbons (Fsp3) is 0.0769. The Labute approximate surface area is 220 Å². The van der Waals surface area contributed by atoms with Crippen molar-refractivity contribution in [3.63, 3.8) is 0 Å². The SMILES string of the molecule is CS(=O)(=O)Nc1cc(CNC(=S)NC(=O)c2ccccc2)cc(Nc2cc(-c3ccccc3)ncn2)c1.